The average molecular weight is 280 g/mol. The molecule has 1 aromatic carbocycles. The Morgan fingerprint density at radius 3 is 3.00 bits per heavy atom. The number of rotatable bonds is 4. The number of fused-ring (bicyclic) bond motifs is 1. The fraction of sp³-hybridized carbons (Fsp3) is 0.176. The zero-order valence-electron chi connectivity index (χ0n) is 11.8. The molecule has 1 atom stereocenters. The van der Waals surface area contributed by atoms with Crippen LogP contribution < -0.4 is 10.1 Å². The number of carbonyl (C=O) groups excluding carboxylic acids is 1. The highest BCUT2D eigenvalue weighted by Gasteiger charge is 2.18. The Labute approximate surface area is 124 Å². The van der Waals surface area contributed by atoms with E-state index in [4.69, 9.17) is 10.00 Å². The first-order chi connectivity index (χ1) is 10.2. The molecule has 1 amide bonds. The van der Waals surface area contributed by atoms with Gasteiger partial charge in [-0.25, -0.2) is 0 Å². The Kier molecular flexibility index (Phi) is 4.57. The minimum atomic E-state index is -0.413. The van der Waals surface area contributed by atoms with E-state index in [0.29, 0.717) is 6.54 Å². The lowest BCUT2D eigenvalue weighted by atomic mass is 10.0. The number of carbonyl (C=O) groups is 1. The van der Waals surface area contributed by atoms with Gasteiger partial charge in [0.1, 0.15) is 23.5 Å². The van der Waals surface area contributed by atoms with Gasteiger partial charge in [-0.1, -0.05) is 24.3 Å². The summed E-state index contributed by atoms with van der Waals surface area (Å²) < 4.78 is 5.78. The van der Waals surface area contributed by atoms with Crippen molar-refractivity contribution in [2.75, 3.05) is 6.54 Å². The first kappa shape index (κ1) is 14.6. The maximum atomic E-state index is 11.8. The van der Waals surface area contributed by atoms with E-state index in [9.17, 15) is 4.79 Å². The monoisotopic (exact) mass is 280 g/mol. The second kappa shape index (κ2) is 6.58. The molecular formula is C17H16N2O2. The highest BCUT2D eigenvalue weighted by atomic mass is 16.5. The average Bonchev–Trinajstić information content (AvgIpc) is 2.50. The Morgan fingerprint density at radius 2 is 2.29 bits per heavy atom. The van der Waals surface area contributed by atoms with Crippen LogP contribution in [0.5, 0.6) is 5.75 Å². The zero-order chi connectivity index (χ0) is 15.2. The number of para-hydroxylation sites is 1. The maximum Gasteiger partial charge on any atom is 0.262 e. The van der Waals surface area contributed by atoms with Gasteiger partial charge in [-0.15, -0.1) is 6.58 Å². The molecule has 0 saturated heterocycles. The number of nitrogens with one attached hydrogen (secondary N) is 1. The second-order valence-electron chi connectivity index (χ2n) is 4.61. The predicted octanol–water partition coefficient (Wildman–Crippen LogP) is 2.60. The molecule has 1 aliphatic heterocycles. The molecule has 1 N–H and O–H groups in total. The first-order valence-corrected chi connectivity index (χ1v) is 6.64. The van der Waals surface area contributed by atoms with Crippen LogP contribution in [-0.4, -0.2) is 18.6 Å². The third-order valence-corrected chi connectivity index (χ3v) is 3.10. The van der Waals surface area contributed by atoms with Gasteiger partial charge in [0.25, 0.3) is 5.91 Å². The van der Waals surface area contributed by atoms with Crippen molar-refractivity contribution in [1.29, 1.82) is 5.26 Å². The summed E-state index contributed by atoms with van der Waals surface area (Å²) in [6, 6.07) is 9.57. The molecule has 0 spiro atoms. The number of nitrogens with zero attached hydrogens (tertiary/aromatic N) is 1. The van der Waals surface area contributed by atoms with E-state index in [0.717, 1.165) is 16.9 Å². The molecule has 1 aliphatic rings. The van der Waals surface area contributed by atoms with E-state index >= 15 is 0 Å². The summed E-state index contributed by atoms with van der Waals surface area (Å²) in [6.45, 7) is 5.73. The number of benzene rings is 1. The molecule has 4 nitrogen and oxygen atoms in total. The van der Waals surface area contributed by atoms with E-state index in [2.05, 4.69) is 11.9 Å². The van der Waals surface area contributed by atoms with Crippen LogP contribution in [0.3, 0.4) is 0 Å². The van der Waals surface area contributed by atoms with Crippen LogP contribution in [0.15, 0.2) is 54.1 Å². The Bertz CT molecular complexity index is 666. The van der Waals surface area contributed by atoms with Crippen LogP contribution in [0, 0.1) is 11.3 Å². The maximum absolute atomic E-state index is 11.8. The molecule has 0 aromatic heterocycles. The van der Waals surface area contributed by atoms with Crippen LogP contribution in [0.2, 0.25) is 0 Å². The lowest BCUT2D eigenvalue weighted by molar-refractivity contribution is -0.116. The summed E-state index contributed by atoms with van der Waals surface area (Å²) in [6.07, 6.45) is 4.85. The quantitative estimate of drug-likeness (QED) is 0.524. The lowest BCUT2D eigenvalue weighted by Crippen LogP contribution is -2.25. The fourth-order valence-corrected chi connectivity index (χ4v) is 2.00. The van der Waals surface area contributed by atoms with E-state index < -0.39 is 5.91 Å². The Balaban J connectivity index is 2.30. The molecule has 0 fully saturated rings. The van der Waals surface area contributed by atoms with Crippen molar-refractivity contribution in [1.82, 2.24) is 5.32 Å². The molecule has 1 unspecified atom stereocenters. The van der Waals surface area contributed by atoms with E-state index in [1.165, 1.54) is 0 Å². The van der Waals surface area contributed by atoms with Gasteiger partial charge in [0, 0.05) is 12.1 Å². The summed E-state index contributed by atoms with van der Waals surface area (Å²) >= 11 is 0. The van der Waals surface area contributed by atoms with E-state index in [-0.39, 0.29) is 11.7 Å². The van der Waals surface area contributed by atoms with Gasteiger partial charge in [-0.3, -0.25) is 4.79 Å². The molecule has 1 aromatic rings. The number of ether oxygens (including phenoxy) is 1. The molecule has 4 heteroatoms. The zero-order valence-corrected chi connectivity index (χ0v) is 11.8. The SMILES string of the molecule is C=CCNC(=O)C(C#N)=CC1=Cc2ccccc2OC1C. The third-order valence-electron chi connectivity index (χ3n) is 3.10. The van der Waals surface area contributed by atoms with Gasteiger partial charge in [-0.2, -0.15) is 5.26 Å². The molecule has 106 valence electrons. The van der Waals surface area contributed by atoms with Crippen LogP contribution in [-0.2, 0) is 4.79 Å². The van der Waals surface area contributed by atoms with Gasteiger partial charge in [0.2, 0.25) is 0 Å². The smallest absolute Gasteiger partial charge is 0.262 e. The highest BCUT2D eigenvalue weighted by Crippen LogP contribution is 2.30. The van der Waals surface area contributed by atoms with Gasteiger partial charge in [0.15, 0.2) is 0 Å². The number of hydrogen-bond donors (Lipinski definition) is 1. The van der Waals surface area contributed by atoms with Crippen molar-refractivity contribution >= 4 is 12.0 Å². The van der Waals surface area contributed by atoms with E-state index in [1.807, 2.05) is 43.3 Å². The Hall–Kier alpha value is -2.80. The fourth-order valence-electron chi connectivity index (χ4n) is 2.00. The van der Waals surface area contributed by atoms with Gasteiger partial charge in [0.05, 0.1) is 0 Å². The largest absolute Gasteiger partial charge is 0.485 e. The van der Waals surface area contributed by atoms with Crippen molar-refractivity contribution in [2.24, 2.45) is 0 Å². The van der Waals surface area contributed by atoms with Gasteiger partial charge in [-0.05, 0) is 30.7 Å². The molecular weight excluding hydrogens is 264 g/mol. The summed E-state index contributed by atoms with van der Waals surface area (Å²) in [4.78, 5) is 11.8. The van der Waals surface area contributed by atoms with Crippen molar-refractivity contribution in [2.45, 2.75) is 13.0 Å². The summed E-state index contributed by atoms with van der Waals surface area (Å²) in [7, 11) is 0. The van der Waals surface area contributed by atoms with Crippen LogP contribution >= 0.6 is 0 Å². The van der Waals surface area contributed by atoms with Crippen molar-refractivity contribution < 1.29 is 9.53 Å². The van der Waals surface area contributed by atoms with Crippen molar-refractivity contribution in [3.8, 4) is 11.8 Å². The molecule has 21 heavy (non-hydrogen) atoms. The normalized spacial score (nSPS) is 16.9. The third kappa shape index (κ3) is 3.40. The van der Waals surface area contributed by atoms with Crippen molar-refractivity contribution in [3.05, 3.63) is 59.7 Å². The van der Waals surface area contributed by atoms with Crippen LogP contribution in [0.25, 0.3) is 6.08 Å². The summed E-state index contributed by atoms with van der Waals surface area (Å²) in [5.74, 6) is 0.390. The molecule has 2 rings (SSSR count). The number of hydrogen-bond acceptors (Lipinski definition) is 3. The predicted molar refractivity (Wildman–Crippen MR) is 81.4 cm³/mol. The van der Waals surface area contributed by atoms with Gasteiger partial charge >= 0.3 is 0 Å². The highest BCUT2D eigenvalue weighted by molar-refractivity contribution is 5.98. The number of amides is 1. The van der Waals surface area contributed by atoms with Crippen molar-refractivity contribution in [3.63, 3.8) is 0 Å². The molecule has 0 saturated carbocycles. The second-order valence-corrected chi connectivity index (χ2v) is 4.61. The standard InChI is InChI=1S/C17H16N2O2/c1-3-8-19-17(20)15(11-18)10-14-9-13-6-4-5-7-16(13)21-12(14)2/h3-7,9-10,12H,1,8H2,2H3,(H,19,20). The molecule has 1 heterocycles. The van der Waals surface area contributed by atoms with Crippen LogP contribution in [0.1, 0.15) is 12.5 Å². The van der Waals surface area contributed by atoms with Gasteiger partial charge < -0.3 is 10.1 Å². The number of nitriles is 1. The minimum Gasteiger partial charge on any atom is -0.485 e. The topological polar surface area (TPSA) is 62.1 Å². The summed E-state index contributed by atoms with van der Waals surface area (Å²) in [5, 5.41) is 11.7. The minimum absolute atomic E-state index is 0.0536. The first-order valence-electron chi connectivity index (χ1n) is 6.64. The Morgan fingerprint density at radius 1 is 1.52 bits per heavy atom. The van der Waals surface area contributed by atoms with Crippen LogP contribution in [0.4, 0.5) is 0 Å². The lowest BCUT2D eigenvalue weighted by Gasteiger charge is -2.22. The summed E-state index contributed by atoms with van der Waals surface area (Å²) in [5.41, 5.74) is 1.78. The molecule has 0 radical (unpaired) electrons. The molecule has 0 bridgehead atoms. The molecule has 0 aliphatic carbocycles. The van der Waals surface area contributed by atoms with E-state index in [1.54, 1.807) is 12.2 Å².